The molecule has 8 heteroatoms. The maximum Gasteiger partial charge on any atom is 0.141 e. The van der Waals surface area contributed by atoms with Crippen molar-refractivity contribution >= 4 is 16.7 Å². The summed E-state index contributed by atoms with van der Waals surface area (Å²) in [5.74, 6) is 1.69. The third-order valence-electron chi connectivity index (χ3n) is 5.43. The van der Waals surface area contributed by atoms with Crippen molar-refractivity contribution in [2.75, 3.05) is 24.7 Å². The number of fused-ring (bicyclic) bond motifs is 1. The second kappa shape index (κ2) is 6.97. The van der Waals surface area contributed by atoms with E-state index in [2.05, 4.69) is 38.2 Å². The van der Waals surface area contributed by atoms with Crippen LogP contribution in [0.4, 0.5) is 5.82 Å². The number of ether oxygens (including phenoxy) is 1. The fraction of sp³-hybridized carbons (Fsp3) is 0.333. The van der Waals surface area contributed by atoms with Crippen LogP contribution >= 0.6 is 0 Å². The topological polar surface area (TPSA) is 93.0 Å². The number of hydrogen-bond acceptors (Lipinski definition) is 7. The first-order valence-electron chi connectivity index (χ1n) is 9.70. The number of rotatable bonds is 3. The lowest BCUT2D eigenvalue weighted by atomic mass is 9.98. The molecule has 8 nitrogen and oxygen atoms in total. The van der Waals surface area contributed by atoms with Crippen molar-refractivity contribution in [1.29, 1.82) is 0 Å². The highest BCUT2D eigenvalue weighted by Gasteiger charge is 2.24. The van der Waals surface area contributed by atoms with Crippen LogP contribution in [0.2, 0.25) is 0 Å². The third-order valence-corrected chi connectivity index (χ3v) is 5.43. The van der Waals surface area contributed by atoms with E-state index in [9.17, 15) is 0 Å². The second-order valence-electron chi connectivity index (χ2n) is 7.37. The number of pyridine rings is 2. The van der Waals surface area contributed by atoms with Crippen molar-refractivity contribution in [1.82, 2.24) is 25.3 Å². The molecule has 4 aromatic rings. The van der Waals surface area contributed by atoms with E-state index in [0.29, 0.717) is 13.2 Å². The summed E-state index contributed by atoms with van der Waals surface area (Å²) < 4.78 is 11.1. The molecule has 1 fully saturated rings. The zero-order chi connectivity index (χ0) is 20.0. The molecule has 5 rings (SSSR count). The molecule has 0 spiro atoms. The number of aromatic amines is 1. The lowest BCUT2D eigenvalue weighted by Crippen LogP contribution is -2.44. The normalized spacial score (nSPS) is 17.2. The molecule has 0 amide bonds. The van der Waals surface area contributed by atoms with Gasteiger partial charge in [0.05, 0.1) is 30.6 Å². The molecule has 1 atom stereocenters. The predicted octanol–water partition coefficient (Wildman–Crippen LogP) is 3.52. The number of anilines is 1. The molecule has 29 heavy (non-hydrogen) atoms. The van der Waals surface area contributed by atoms with Gasteiger partial charge in [0.25, 0.3) is 0 Å². The third kappa shape index (κ3) is 2.96. The van der Waals surface area contributed by atoms with E-state index in [0.717, 1.165) is 57.2 Å². The molecule has 4 aromatic heterocycles. The van der Waals surface area contributed by atoms with Crippen LogP contribution in [0.25, 0.3) is 33.4 Å². The number of nitrogens with one attached hydrogen (secondary N) is 1. The molecular weight excluding hydrogens is 368 g/mol. The number of aryl methyl sites for hydroxylation is 2. The molecule has 1 aliphatic rings. The minimum absolute atomic E-state index is 0.235. The minimum atomic E-state index is 0.235. The number of aromatic nitrogens is 5. The summed E-state index contributed by atoms with van der Waals surface area (Å²) in [4.78, 5) is 11.9. The lowest BCUT2D eigenvalue weighted by Gasteiger charge is -2.34. The fourth-order valence-electron chi connectivity index (χ4n) is 4.01. The van der Waals surface area contributed by atoms with Gasteiger partial charge in [0.2, 0.25) is 0 Å². The first-order valence-corrected chi connectivity index (χ1v) is 9.70. The monoisotopic (exact) mass is 390 g/mol. The van der Waals surface area contributed by atoms with Gasteiger partial charge < -0.3 is 14.2 Å². The fourth-order valence-corrected chi connectivity index (χ4v) is 4.01. The highest BCUT2D eigenvalue weighted by atomic mass is 16.5. The zero-order valence-corrected chi connectivity index (χ0v) is 16.6. The Kier molecular flexibility index (Phi) is 4.28. The quantitative estimate of drug-likeness (QED) is 0.572. The molecule has 5 heterocycles. The van der Waals surface area contributed by atoms with E-state index in [1.54, 1.807) is 12.4 Å². The van der Waals surface area contributed by atoms with Gasteiger partial charge in [0.15, 0.2) is 0 Å². The number of nitrogens with zero attached hydrogens (tertiary/aromatic N) is 5. The van der Waals surface area contributed by atoms with Crippen LogP contribution in [0.5, 0.6) is 0 Å². The lowest BCUT2D eigenvalue weighted by molar-refractivity contribution is 0.0986. The Morgan fingerprint density at radius 3 is 2.83 bits per heavy atom. The Bertz CT molecular complexity index is 1150. The highest BCUT2D eigenvalue weighted by Crippen LogP contribution is 2.38. The summed E-state index contributed by atoms with van der Waals surface area (Å²) >= 11 is 0. The Labute approximate surface area is 167 Å². The van der Waals surface area contributed by atoms with Gasteiger partial charge in [0, 0.05) is 35.5 Å². The first-order chi connectivity index (χ1) is 14.1. The Morgan fingerprint density at radius 1 is 1.21 bits per heavy atom. The van der Waals surface area contributed by atoms with Crippen molar-refractivity contribution in [3.63, 3.8) is 0 Å². The standard InChI is InChI=1S/C21H22N6O2/c1-12-11-28-9-8-27(12)18-10-16(19-13(2)26-29-14(19)3)15-4-6-22-21(20(15)24-18)17-5-7-23-25-17/h4-7,10,12H,8-9,11H2,1-3H3,(H,23,25)/t12-/m1/s1. The summed E-state index contributed by atoms with van der Waals surface area (Å²) in [5, 5.41) is 12.3. The summed E-state index contributed by atoms with van der Waals surface area (Å²) in [6, 6.07) is 6.27. The van der Waals surface area contributed by atoms with Gasteiger partial charge in [-0.15, -0.1) is 0 Å². The first kappa shape index (κ1) is 17.8. The van der Waals surface area contributed by atoms with E-state index in [1.165, 1.54) is 0 Å². The van der Waals surface area contributed by atoms with E-state index >= 15 is 0 Å². The molecule has 0 bridgehead atoms. The molecule has 0 unspecified atom stereocenters. The van der Waals surface area contributed by atoms with Crippen LogP contribution in [-0.4, -0.2) is 51.1 Å². The molecule has 1 saturated heterocycles. The predicted molar refractivity (Wildman–Crippen MR) is 110 cm³/mol. The Morgan fingerprint density at radius 2 is 2.10 bits per heavy atom. The van der Waals surface area contributed by atoms with Crippen molar-refractivity contribution in [3.8, 4) is 22.5 Å². The summed E-state index contributed by atoms with van der Waals surface area (Å²) in [6.07, 6.45) is 3.53. The van der Waals surface area contributed by atoms with Crippen LogP contribution in [-0.2, 0) is 4.74 Å². The number of hydrogen-bond donors (Lipinski definition) is 1. The molecule has 0 aliphatic carbocycles. The molecule has 0 radical (unpaired) electrons. The van der Waals surface area contributed by atoms with Gasteiger partial charge >= 0.3 is 0 Å². The van der Waals surface area contributed by atoms with E-state index in [-0.39, 0.29) is 6.04 Å². The maximum absolute atomic E-state index is 5.62. The van der Waals surface area contributed by atoms with Crippen LogP contribution in [0, 0.1) is 13.8 Å². The van der Waals surface area contributed by atoms with Crippen LogP contribution < -0.4 is 4.90 Å². The number of morpholine rings is 1. The zero-order valence-electron chi connectivity index (χ0n) is 16.6. The Hall–Kier alpha value is -3.26. The second-order valence-corrected chi connectivity index (χ2v) is 7.37. The molecule has 1 N–H and O–H groups in total. The largest absolute Gasteiger partial charge is 0.377 e. The van der Waals surface area contributed by atoms with Crippen molar-refractivity contribution < 1.29 is 9.26 Å². The van der Waals surface area contributed by atoms with Gasteiger partial charge in [-0.2, -0.15) is 5.10 Å². The van der Waals surface area contributed by atoms with Crippen LogP contribution in [0.1, 0.15) is 18.4 Å². The maximum atomic E-state index is 5.62. The smallest absolute Gasteiger partial charge is 0.141 e. The molecular formula is C21H22N6O2. The van der Waals surface area contributed by atoms with Crippen LogP contribution in [0.3, 0.4) is 0 Å². The van der Waals surface area contributed by atoms with E-state index < -0.39 is 0 Å². The molecule has 0 aromatic carbocycles. The minimum Gasteiger partial charge on any atom is -0.377 e. The van der Waals surface area contributed by atoms with Crippen molar-refractivity contribution in [2.45, 2.75) is 26.8 Å². The van der Waals surface area contributed by atoms with Gasteiger partial charge in [-0.1, -0.05) is 5.16 Å². The van der Waals surface area contributed by atoms with Gasteiger partial charge in [-0.25, -0.2) is 4.98 Å². The highest BCUT2D eigenvalue weighted by molar-refractivity contribution is 6.02. The van der Waals surface area contributed by atoms with Crippen LogP contribution in [0.15, 0.2) is 35.1 Å². The van der Waals surface area contributed by atoms with Gasteiger partial charge in [0.1, 0.15) is 22.8 Å². The average Bonchev–Trinajstić information content (AvgIpc) is 3.37. The summed E-state index contributed by atoms with van der Waals surface area (Å²) in [5.41, 5.74) is 5.33. The van der Waals surface area contributed by atoms with E-state index in [1.807, 2.05) is 26.0 Å². The Balaban J connectivity index is 1.82. The molecule has 148 valence electrons. The van der Waals surface area contributed by atoms with Gasteiger partial charge in [-0.3, -0.25) is 10.1 Å². The SMILES string of the molecule is Cc1noc(C)c1-c1cc(N2CCOC[C@H]2C)nc2c(-c3ccn[nH]3)nccc12. The molecule has 0 saturated carbocycles. The van der Waals surface area contributed by atoms with Crippen molar-refractivity contribution in [2.24, 2.45) is 0 Å². The summed E-state index contributed by atoms with van der Waals surface area (Å²) in [7, 11) is 0. The van der Waals surface area contributed by atoms with Crippen molar-refractivity contribution in [3.05, 3.63) is 42.0 Å². The summed E-state index contributed by atoms with van der Waals surface area (Å²) in [6.45, 7) is 8.22. The average molecular weight is 390 g/mol. The molecule has 1 aliphatic heterocycles. The number of H-pyrrole nitrogens is 1. The van der Waals surface area contributed by atoms with Gasteiger partial charge in [-0.05, 0) is 39.0 Å². The van der Waals surface area contributed by atoms with E-state index in [4.69, 9.17) is 14.2 Å².